The molecule has 3 nitrogen and oxygen atoms in total. The second-order valence-electron chi connectivity index (χ2n) is 4.16. The Morgan fingerprint density at radius 2 is 2.11 bits per heavy atom. The molecular weight excluding hydrogens is 302 g/mol. The van der Waals surface area contributed by atoms with Gasteiger partial charge in [0, 0.05) is 11.3 Å². The third-order valence-electron chi connectivity index (χ3n) is 2.95. The van der Waals surface area contributed by atoms with Crippen LogP contribution in [0.15, 0.2) is 34.5 Å². The Bertz CT molecular complexity index is 585. The van der Waals surface area contributed by atoms with Crippen LogP contribution in [0.3, 0.4) is 0 Å². The number of fused-ring (bicyclic) bond motifs is 1. The maximum absolute atomic E-state index is 10.2. The summed E-state index contributed by atoms with van der Waals surface area (Å²) in [5, 5.41) is 10.2. The van der Waals surface area contributed by atoms with Crippen LogP contribution in [0.25, 0.3) is 0 Å². The van der Waals surface area contributed by atoms with Gasteiger partial charge in [-0.05, 0) is 42.3 Å². The van der Waals surface area contributed by atoms with Crippen molar-refractivity contribution in [3.8, 4) is 5.75 Å². The molecule has 0 spiro atoms. The fourth-order valence-electron chi connectivity index (χ4n) is 1.96. The standard InChI is InChI=1S/C13H12ClNO2S2/c1-17-9-4-2-8(3-5-9)15-7-11(16)10-6-12(14)18-13(10)19-15/h2-6,11,16H,7H2,1H3. The molecular formula is C13H12ClNO2S2. The first-order valence-corrected chi connectivity index (χ1v) is 7.71. The zero-order valence-corrected chi connectivity index (χ0v) is 12.6. The minimum absolute atomic E-state index is 0.498. The lowest BCUT2D eigenvalue weighted by atomic mass is 10.2. The molecule has 2 heterocycles. The molecule has 6 heteroatoms. The Labute approximate surface area is 124 Å². The quantitative estimate of drug-likeness (QED) is 0.850. The molecule has 1 atom stereocenters. The van der Waals surface area contributed by atoms with Gasteiger partial charge < -0.3 is 14.1 Å². The minimum atomic E-state index is -0.498. The number of aliphatic hydroxyl groups is 1. The van der Waals surface area contributed by atoms with Crippen LogP contribution < -0.4 is 9.04 Å². The molecule has 0 saturated carbocycles. The predicted octanol–water partition coefficient (Wildman–Crippen LogP) is 3.97. The zero-order chi connectivity index (χ0) is 13.4. The number of hydrogen-bond donors (Lipinski definition) is 1. The van der Waals surface area contributed by atoms with Crippen molar-refractivity contribution in [3.63, 3.8) is 0 Å². The van der Waals surface area contributed by atoms with Crippen molar-refractivity contribution in [2.45, 2.75) is 10.3 Å². The Morgan fingerprint density at radius 3 is 2.79 bits per heavy atom. The number of anilines is 1. The number of thiophene rings is 1. The van der Waals surface area contributed by atoms with Crippen LogP contribution in [0.1, 0.15) is 11.7 Å². The van der Waals surface area contributed by atoms with Crippen molar-refractivity contribution in [1.82, 2.24) is 0 Å². The molecule has 1 aromatic carbocycles. The Morgan fingerprint density at radius 1 is 1.37 bits per heavy atom. The average Bonchev–Trinajstić information content (AvgIpc) is 2.80. The zero-order valence-electron chi connectivity index (χ0n) is 10.2. The predicted molar refractivity (Wildman–Crippen MR) is 80.5 cm³/mol. The summed E-state index contributed by atoms with van der Waals surface area (Å²) in [6.07, 6.45) is -0.498. The normalized spacial score (nSPS) is 18.3. The summed E-state index contributed by atoms with van der Waals surface area (Å²) in [4.78, 5) is 0. The van der Waals surface area contributed by atoms with Crippen molar-refractivity contribution in [2.75, 3.05) is 18.0 Å². The molecule has 1 unspecified atom stereocenters. The third-order valence-corrected chi connectivity index (χ3v) is 5.48. The number of ether oxygens (including phenoxy) is 1. The maximum Gasteiger partial charge on any atom is 0.119 e. The van der Waals surface area contributed by atoms with E-state index >= 15 is 0 Å². The van der Waals surface area contributed by atoms with Crippen molar-refractivity contribution in [3.05, 3.63) is 40.2 Å². The highest BCUT2D eigenvalue weighted by Crippen LogP contribution is 2.45. The minimum Gasteiger partial charge on any atom is -0.497 e. The Balaban J connectivity index is 1.87. The van der Waals surface area contributed by atoms with Crippen molar-refractivity contribution < 1.29 is 9.84 Å². The second-order valence-corrected chi connectivity index (χ2v) is 7.13. The molecule has 1 aromatic heterocycles. The van der Waals surface area contributed by atoms with E-state index in [1.807, 2.05) is 30.3 Å². The molecule has 100 valence electrons. The highest BCUT2D eigenvalue weighted by molar-refractivity contribution is 8.02. The SMILES string of the molecule is COc1ccc(N2CC(O)c3cc(Cl)sc3S2)cc1. The van der Waals surface area contributed by atoms with Gasteiger partial charge in [0.05, 0.1) is 28.3 Å². The summed E-state index contributed by atoms with van der Waals surface area (Å²) in [6.45, 7) is 0.553. The monoisotopic (exact) mass is 313 g/mol. The highest BCUT2D eigenvalue weighted by Gasteiger charge is 2.27. The van der Waals surface area contributed by atoms with Gasteiger partial charge >= 0.3 is 0 Å². The van der Waals surface area contributed by atoms with Gasteiger partial charge in [-0.2, -0.15) is 0 Å². The largest absolute Gasteiger partial charge is 0.497 e. The molecule has 0 saturated heterocycles. The number of β-amino-alcohol motifs (C(OH)–C–C–N with tert-alkyl or cyclic N) is 1. The van der Waals surface area contributed by atoms with Gasteiger partial charge in [-0.1, -0.05) is 11.6 Å². The molecule has 0 bridgehead atoms. The number of rotatable bonds is 2. The molecule has 3 rings (SSSR count). The van der Waals surface area contributed by atoms with Gasteiger partial charge in [-0.25, -0.2) is 0 Å². The first kappa shape index (κ1) is 13.1. The van der Waals surface area contributed by atoms with Gasteiger partial charge in [0.1, 0.15) is 5.75 Å². The van der Waals surface area contributed by atoms with Crippen molar-refractivity contribution in [1.29, 1.82) is 0 Å². The number of hydrogen-bond acceptors (Lipinski definition) is 5. The molecule has 0 radical (unpaired) electrons. The molecule has 0 amide bonds. The van der Waals surface area contributed by atoms with Crippen LogP contribution in [-0.2, 0) is 0 Å². The number of halogens is 1. The summed E-state index contributed by atoms with van der Waals surface area (Å²) in [5.74, 6) is 0.825. The fraction of sp³-hybridized carbons (Fsp3) is 0.231. The summed E-state index contributed by atoms with van der Waals surface area (Å²) >= 11 is 9.13. The Hall–Kier alpha value is -0.880. The maximum atomic E-state index is 10.2. The van der Waals surface area contributed by atoms with Crippen molar-refractivity contribution in [2.24, 2.45) is 0 Å². The number of benzene rings is 1. The van der Waals surface area contributed by atoms with Crippen LogP contribution in [0.2, 0.25) is 4.34 Å². The van der Waals surface area contributed by atoms with Gasteiger partial charge in [0.15, 0.2) is 0 Å². The van der Waals surface area contributed by atoms with Gasteiger partial charge in [-0.15, -0.1) is 11.3 Å². The molecule has 2 aromatic rings. The summed E-state index contributed by atoms with van der Waals surface area (Å²) in [5.41, 5.74) is 1.98. The summed E-state index contributed by atoms with van der Waals surface area (Å²) in [7, 11) is 1.65. The number of methoxy groups -OCH3 is 1. The van der Waals surface area contributed by atoms with Crippen LogP contribution in [0.5, 0.6) is 5.75 Å². The van der Waals surface area contributed by atoms with Crippen LogP contribution in [0, 0.1) is 0 Å². The first-order chi connectivity index (χ1) is 9.17. The fourth-order valence-corrected chi connectivity index (χ4v) is 4.75. The van der Waals surface area contributed by atoms with Gasteiger partial charge in [-0.3, -0.25) is 0 Å². The lowest BCUT2D eigenvalue weighted by molar-refractivity contribution is 0.184. The van der Waals surface area contributed by atoms with E-state index in [1.54, 1.807) is 19.1 Å². The Kier molecular flexibility index (Phi) is 3.62. The highest BCUT2D eigenvalue weighted by atomic mass is 35.5. The second kappa shape index (κ2) is 5.25. The molecule has 1 aliphatic rings. The first-order valence-electron chi connectivity index (χ1n) is 5.74. The van der Waals surface area contributed by atoms with E-state index in [0.29, 0.717) is 10.9 Å². The van der Waals surface area contributed by atoms with E-state index in [-0.39, 0.29) is 0 Å². The lowest BCUT2D eigenvalue weighted by Crippen LogP contribution is -2.25. The van der Waals surface area contributed by atoms with Crippen LogP contribution in [-0.4, -0.2) is 18.8 Å². The molecule has 0 fully saturated rings. The number of nitrogens with zero attached hydrogens (tertiary/aromatic N) is 1. The molecule has 1 aliphatic heterocycles. The molecule has 0 aliphatic carbocycles. The van der Waals surface area contributed by atoms with E-state index < -0.39 is 6.10 Å². The van der Waals surface area contributed by atoms with E-state index in [2.05, 4.69) is 4.31 Å². The van der Waals surface area contributed by atoms with Gasteiger partial charge in [0.25, 0.3) is 0 Å². The summed E-state index contributed by atoms with van der Waals surface area (Å²) < 4.78 is 8.99. The van der Waals surface area contributed by atoms with E-state index in [0.717, 1.165) is 21.2 Å². The van der Waals surface area contributed by atoms with E-state index in [4.69, 9.17) is 16.3 Å². The molecule has 19 heavy (non-hydrogen) atoms. The number of aliphatic hydroxyl groups excluding tert-OH is 1. The average molecular weight is 314 g/mol. The molecule has 1 N–H and O–H groups in total. The van der Waals surface area contributed by atoms with Gasteiger partial charge in [0.2, 0.25) is 0 Å². The third kappa shape index (κ3) is 2.56. The lowest BCUT2D eigenvalue weighted by Gasteiger charge is -2.30. The topological polar surface area (TPSA) is 32.7 Å². The van der Waals surface area contributed by atoms with E-state index in [1.165, 1.54) is 11.3 Å². The smallest absolute Gasteiger partial charge is 0.119 e. The van der Waals surface area contributed by atoms with Crippen LogP contribution >= 0.6 is 34.9 Å². The van der Waals surface area contributed by atoms with E-state index in [9.17, 15) is 5.11 Å². The van der Waals surface area contributed by atoms with Crippen LogP contribution in [0.4, 0.5) is 5.69 Å². The summed E-state index contributed by atoms with van der Waals surface area (Å²) in [6, 6.07) is 9.65. The van der Waals surface area contributed by atoms with Crippen molar-refractivity contribution >= 4 is 40.6 Å².